The number of aromatic amines is 1. The molecule has 2 heterocycles. The molecule has 1 aliphatic heterocycles. The first kappa shape index (κ1) is 12.1. The molecule has 0 radical (unpaired) electrons. The summed E-state index contributed by atoms with van der Waals surface area (Å²) in [4.78, 5) is 8.32. The van der Waals surface area contributed by atoms with Crippen molar-refractivity contribution in [2.75, 3.05) is 5.75 Å². The van der Waals surface area contributed by atoms with Crippen LogP contribution < -0.4 is 0 Å². The van der Waals surface area contributed by atoms with Crippen molar-refractivity contribution in [2.45, 2.75) is 17.4 Å². The van der Waals surface area contributed by atoms with E-state index in [1.54, 1.807) is 18.0 Å². The number of fused-ring (bicyclic) bond motifs is 1. The zero-order valence-corrected chi connectivity index (χ0v) is 11.2. The summed E-state index contributed by atoms with van der Waals surface area (Å²) >= 11 is 7.86. The lowest BCUT2D eigenvalue weighted by Gasteiger charge is -2.29. The summed E-state index contributed by atoms with van der Waals surface area (Å²) in [7, 11) is 0. The van der Waals surface area contributed by atoms with Gasteiger partial charge in [0.1, 0.15) is 5.82 Å². The number of nitrogens with zero attached hydrogens (tertiary/aromatic N) is 1. The minimum absolute atomic E-state index is 0.173. The molecule has 0 saturated carbocycles. The van der Waals surface area contributed by atoms with Crippen LogP contribution >= 0.6 is 23.4 Å². The Labute approximate surface area is 115 Å². The number of thioether (sulfide) groups is 1. The van der Waals surface area contributed by atoms with Crippen LogP contribution in [0.3, 0.4) is 0 Å². The van der Waals surface area contributed by atoms with E-state index >= 15 is 0 Å². The Bertz CT molecular complexity index is 544. The van der Waals surface area contributed by atoms with Gasteiger partial charge in [0.15, 0.2) is 0 Å². The van der Waals surface area contributed by atoms with E-state index in [1.165, 1.54) is 0 Å². The first-order chi connectivity index (χ1) is 8.75. The van der Waals surface area contributed by atoms with Gasteiger partial charge in [-0.05, 0) is 11.6 Å². The zero-order chi connectivity index (χ0) is 12.5. The Kier molecular flexibility index (Phi) is 3.33. The molecule has 3 rings (SSSR count). The smallest absolute Gasteiger partial charge is 0.106 e. The van der Waals surface area contributed by atoms with Gasteiger partial charge in [0.2, 0.25) is 0 Å². The highest BCUT2D eigenvalue weighted by Crippen LogP contribution is 2.43. The van der Waals surface area contributed by atoms with Crippen LogP contribution in [0.2, 0.25) is 5.02 Å². The molecule has 18 heavy (non-hydrogen) atoms. The number of halogens is 1. The highest BCUT2D eigenvalue weighted by atomic mass is 35.5. The summed E-state index contributed by atoms with van der Waals surface area (Å²) in [6.45, 7) is 0. The highest BCUT2D eigenvalue weighted by molar-refractivity contribution is 7.99. The minimum Gasteiger partial charge on any atom is -0.388 e. The molecule has 5 heteroatoms. The van der Waals surface area contributed by atoms with Crippen LogP contribution in [0.5, 0.6) is 0 Å². The van der Waals surface area contributed by atoms with Gasteiger partial charge >= 0.3 is 0 Å². The first-order valence-electron chi connectivity index (χ1n) is 5.83. The van der Waals surface area contributed by atoms with Gasteiger partial charge in [-0.15, -0.1) is 11.8 Å². The van der Waals surface area contributed by atoms with Crippen LogP contribution in [0.15, 0.2) is 35.5 Å². The quantitative estimate of drug-likeness (QED) is 0.889. The number of benzene rings is 1. The third-order valence-electron chi connectivity index (χ3n) is 3.21. The fourth-order valence-electron chi connectivity index (χ4n) is 2.27. The fraction of sp³-hybridized carbons (Fsp3) is 0.308. The number of aliphatic hydroxyl groups is 1. The van der Waals surface area contributed by atoms with E-state index in [1.807, 2.05) is 24.4 Å². The van der Waals surface area contributed by atoms with Crippen molar-refractivity contribution in [1.29, 1.82) is 0 Å². The average molecular weight is 281 g/mol. The molecule has 2 atom stereocenters. The number of hydrogen-bond acceptors (Lipinski definition) is 3. The number of nitrogens with one attached hydrogen (secondary N) is 1. The van der Waals surface area contributed by atoms with Gasteiger partial charge < -0.3 is 10.1 Å². The maximum absolute atomic E-state index is 10.4. The molecule has 0 unspecified atom stereocenters. The maximum atomic E-state index is 10.4. The lowest BCUT2D eigenvalue weighted by molar-refractivity contribution is 0.114. The molecule has 0 saturated heterocycles. The predicted molar refractivity (Wildman–Crippen MR) is 72.9 cm³/mol. The molecule has 1 aliphatic rings. The molecule has 3 nitrogen and oxygen atoms in total. The number of aliphatic hydroxyl groups excluding tert-OH is 1. The van der Waals surface area contributed by atoms with E-state index in [9.17, 15) is 5.11 Å². The summed E-state index contributed by atoms with van der Waals surface area (Å²) in [5.74, 6) is 1.95. The second-order valence-electron chi connectivity index (χ2n) is 4.41. The molecular formula is C13H13ClN2OS. The Morgan fingerprint density at radius 2 is 2.39 bits per heavy atom. The van der Waals surface area contributed by atoms with Crippen molar-refractivity contribution >= 4 is 23.4 Å². The van der Waals surface area contributed by atoms with Gasteiger partial charge in [-0.3, -0.25) is 0 Å². The summed E-state index contributed by atoms with van der Waals surface area (Å²) < 4.78 is 0. The van der Waals surface area contributed by atoms with E-state index < -0.39 is 6.10 Å². The third kappa shape index (κ3) is 2.16. The first-order valence-corrected chi connectivity index (χ1v) is 7.19. The summed E-state index contributed by atoms with van der Waals surface area (Å²) in [5.41, 5.74) is 0.940. The van der Waals surface area contributed by atoms with E-state index in [4.69, 9.17) is 11.6 Å². The lowest BCUT2D eigenvalue weighted by atomic mass is 9.93. The van der Waals surface area contributed by atoms with Gasteiger partial charge in [-0.25, -0.2) is 4.98 Å². The van der Waals surface area contributed by atoms with Gasteiger partial charge in [0.05, 0.1) is 11.1 Å². The molecular weight excluding hydrogens is 268 g/mol. The molecule has 94 valence electrons. The van der Waals surface area contributed by atoms with Gasteiger partial charge in [-0.1, -0.05) is 23.7 Å². The van der Waals surface area contributed by atoms with E-state index in [2.05, 4.69) is 9.97 Å². The maximum Gasteiger partial charge on any atom is 0.106 e. The summed E-state index contributed by atoms with van der Waals surface area (Å²) in [5, 5.41) is 11.2. The summed E-state index contributed by atoms with van der Waals surface area (Å²) in [6.07, 6.45) is 3.84. The number of H-pyrrole nitrogens is 1. The molecule has 2 aromatic rings. The van der Waals surface area contributed by atoms with Gasteiger partial charge in [0, 0.05) is 35.4 Å². The van der Waals surface area contributed by atoms with Crippen LogP contribution in [0, 0.1) is 5.92 Å². The second-order valence-corrected chi connectivity index (χ2v) is 5.85. The summed E-state index contributed by atoms with van der Waals surface area (Å²) in [6, 6.07) is 5.71. The van der Waals surface area contributed by atoms with Gasteiger partial charge in [-0.2, -0.15) is 0 Å². The molecule has 0 fully saturated rings. The van der Waals surface area contributed by atoms with E-state index in [0.717, 1.165) is 33.5 Å². The Hall–Kier alpha value is -0.970. The molecule has 0 amide bonds. The predicted octanol–water partition coefficient (Wildman–Crippen LogP) is 3.06. The van der Waals surface area contributed by atoms with Crippen molar-refractivity contribution in [3.63, 3.8) is 0 Å². The fourth-order valence-corrected chi connectivity index (χ4v) is 3.86. The Morgan fingerprint density at radius 1 is 1.50 bits per heavy atom. The lowest BCUT2D eigenvalue weighted by Crippen LogP contribution is -2.22. The molecule has 1 aromatic carbocycles. The zero-order valence-electron chi connectivity index (χ0n) is 9.64. The number of hydrogen-bond donors (Lipinski definition) is 2. The molecule has 1 aromatic heterocycles. The largest absolute Gasteiger partial charge is 0.388 e. The Balaban J connectivity index is 1.85. The van der Waals surface area contributed by atoms with E-state index in [0.29, 0.717) is 0 Å². The van der Waals surface area contributed by atoms with Crippen LogP contribution in [-0.2, 0) is 6.42 Å². The van der Waals surface area contributed by atoms with Crippen LogP contribution in [0.4, 0.5) is 0 Å². The number of rotatable bonds is 2. The topological polar surface area (TPSA) is 48.9 Å². The third-order valence-corrected chi connectivity index (χ3v) is 4.98. The normalized spacial score (nSPS) is 22.8. The van der Waals surface area contributed by atoms with Crippen LogP contribution in [0.1, 0.15) is 17.5 Å². The number of imidazole rings is 1. The van der Waals surface area contributed by atoms with E-state index in [-0.39, 0.29) is 5.92 Å². The molecule has 0 spiro atoms. The standard InChI is InChI=1S/C13H13ClN2OS/c14-10-3-1-2-9-12(17)8(7-18-13(9)10)6-11-15-4-5-16-11/h1-5,8,12,17H,6-7H2,(H,15,16)/t8-,12-/m1/s1. The minimum atomic E-state index is -0.468. The van der Waals surface area contributed by atoms with Crippen LogP contribution in [-0.4, -0.2) is 20.8 Å². The average Bonchev–Trinajstić information content (AvgIpc) is 2.86. The Morgan fingerprint density at radius 3 is 3.17 bits per heavy atom. The molecule has 0 aliphatic carbocycles. The van der Waals surface area contributed by atoms with Crippen molar-refractivity contribution in [1.82, 2.24) is 9.97 Å². The molecule has 0 bridgehead atoms. The van der Waals surface area contributed by atoms with Crippen molar-refractivity contribution in [3.05, 3.63) is 47.0 Å². The van der Waals surface area contributed by atoms with Crippen LogP contribution in [0.25, 0.3) is 0 Å². The van der Waals surface area contributed by atoms with Gasteiger partial charge in [0.25, 0.3) is 0 Å². The monoisotopic (exact) mass is 280 g/mol. The van der Waals surface area contributed by atoms with Crippen molar-refractivity contribution < 1.29 is 5.11 Å². The molecule has 2 N–H and O–H groups in total. The second kappa shape index (κ2) is 4.96. The van der Waals surface area contributed by atoms with Crippen molar-refractivity contribution in [2.24, 2.45) is 5.92 Å². The number of aromatic nitrogens is 2. The van der Waals surface area contributed by atoms with Crippen molar-refractivity contribution in [3.8, 4) is 0 Å². The SMILES string of the molecule is O[C@H]1c2cccc(Cl)c2SC[C@H]1Cc1ncc[nH]1. The highest BCUT2D eigenvalue weighted by Gasteiger charge is 2.30.